The molecule has 5 nitrogen and oxygen atoms in total. The summed E-state index contributed by atoms with van der Waals surface area (Å²) in [6.45, 7) is -5.09. The molecule has 0 unspecified atom stereocenters. The number of halogens is 7. The van der Waals surface area contributed by atoms with E-state index in [0.29, 0.717) is 17.7 Å². The Kier molecular flexibility index (Phi) is 6.65. The number of ether oxygens (including phenoxy) is 2. The average molecular weight is 412 g/mol. The molecule has 28 heavy (non-hydrogen) atoms. The quantitative estimate of drug-likeness (QED) is 0.703. The summed E-state index contributed by atoms with van der Waals surface area (Å²) >= 11 is 0. The number of carbonyl (C=O) groups excluding carboxylic acids is 1. The molecule has 0 saturated carbocycles. The molecule has 1 amide bonds. The number of amides is 1. The monoisotopic (exact) mass is 412 g/mol. The van der Waals surface area contributed by atoms with Crippen LogP contribution < -0.4 is 14.8 Å². The third-order valence-electron chi connectivity index (χ3n) is 3.10. The standard InChI is InChI=1S/C16H11F7N2O3/c17-10-3-9(28-15(19)20)4-11(18)13(10)14(26)25-6-8-1-2-12(24-5-8)27-7-16(21,22)23/h1-5,15H,6-7H2,(H,25,26). The number of benzene rings is 1. The molecule has 152 valence electrons. The van der Waals surface area contributed by atoms with Crippen LogP contribution in [0.5, 0.6) is 11.6 Å². The first-order chi connectivity index (χ1) is 13.0. The van der Waals surface area contributed by atoms with Gasteiger partial charge in [0.1, 0.15) is 22.9 Å². The van der Waals surface area contributed by atoms with Crippen molar-refractivity contribution in [1.29, 1.82) is 0 Å². The molecule has 0 atom stereocenters. The largest absolute Gasteiger partial charge is 0.468 e. The number of pyridine rings is 1. The number of hydrogen-bond acceptors (Lipinski definition) is 4. The zero-order valence-electron chi connectivity index (χ0n) is 13.7. The molecule has 0 aliphatic heterocycles. The van der Waals surface area contributed by atoms with Gasteiger partial charge in [0.2, 0.25) is 5.88 Å². The van der Waals surface area contributed by atoms with Crippen molar-refractivity contribution in [3.05, 3.63) is 53.2 Å². The van der Waals surface area contributed by atoms with Crippen LogP contribution in [0.25, 0.3) is 0 Å². The van der Waals surface area contributed by atoms with Crippen LogP contribution in [0.15, 0.2) is 30.5 Å². The number of carbonyl (C=O) groups is 1. The highest BCUT2D eigenvalue weighted by molar-refractivity contribution is 5.94. The van der Waals surface area contributed by atoms with Crippen LogP contribution >= 0.6 is 0 Å². The number of aromatic nitrogens is 1. The molecule has 0 saturated heterocycles. The topological polar surface area (TPSA) is 60.5 Å². The van der Waals surface area contributed by atoms with Crippen molar-refractivity contribution in [2.45, 2.75) is 19.3 Å². The fourth-order valence-corrected chi connectivity index (χ4v) is 1.97. The van der Waals surface area contributed by atoms with Crippen LogP contribution in [0.1, 0.15) is 15.9 Å². The molecule has 0 radical (unpaired) electrons. The normalized spacial score (nSPS) is 11.4. The molecule has 0 aliphatic carbocycles. The minimum absolute atomic E-state index is 0.264. The second-order valence-corrected chi connectivity index (χ2v) is 5.23. The molecule has 0 spiro atoms. The van der Waals surface area contributed by atoms with E-state index in [9.17, 15) is 35.5 Å². The molecular weight excluding hydrogens is 401 g/mol. The lowest BCUT2D eigenvalue weighted by atomic mass is 10.1. The summed E-state index contributed by atoms with van der Waals surface area (Å²) in [5.41, 5.74) is -0.717. The van der Waals surface area contributed by atoms with Gasteiger partial charge in [0.25, 0.3) is 5.91 Å². The summed E-state index contributed by atoms with van der Waals surface area (Å²) < 4.78 is 96.2. The van der Waals surface area contributed by atoms with Crippen molar-refractivity contribution < 1.29 is 45.0 Å². The van der Waals surface area contributed by atoms with Crippen molar-refractivity contribution in [2.24, 2.45) is 0 Å². The smallest absolute Gasteiger partial charge is 0.422 e. The summed E-state index contributed by atoms with van der Waals surface area (Å²) in [6, 6.07) is 3.26. The summed E-state index contributed by atoms with van der Waals surface area (Å²) in [5.74, 6) is -5.11. The van der Waals surface area contributed by atoms with Gasteiger partial charge in [-0.3, -0.25) is 4.79 Å². The van der Waals surface area contributed by atoms with Gasteiger partial charge in [-0.2, -0.15) is 22.0 Å². The molecule has 12 heteroatoms. The maximum absolute atomic E-state index is 13.8. The maximum atomic E-state index is 13.8. The Bertz CT molecular complexity index is 803. The van der Waals surface area contributed by atoms with Crippen LogP contribution in [0, 0.1) is 11.6 Å². The Morgan fingerprint density at radius 2 is 1.79 bits per heavy atom. The van der Waals surface area contributed by atoms with Crippen LogP contribution in [-0.4, -0.2) is 30.3 Å². The van der Waals surface area contributed by atoms with E-state index >= 15 is 0 Å². The van der Waals surface area contributed by atoms with Crippen LogP contribution in [-0.2, 0) is 6.54 Å². The first kappa shape index (κ1) is 21.3. The zero-order chi connectivity index (χ0) is 20.9. The van der Waals surface area contributed by atoms with Crippen molar-refractivity contribution in [1.82, 2.24) is 10.3 Å². The van der Waals surface area contributed by atoms with Crippen LogP contribution in [0.4, 0.5) is 30.7 Å². The van der Waals surface area contributed by atoms with Gasteiger partial charge in [0.05, 0.1) is 0 Å². The fraction of sp³-hybridized carbons (Fsp3) is 0.250. The molecule has 1 aromatic carbocycles. The van der Waals surface area contributed by atoms with E-state index in [0.717, 1.165) is 12.3 Å². The SMILES string of the molecule is O=C(NCc1ccc(OCC(F)(F)F)nc1)c1c(F)cc(OC(F)F)cc1F. The van der Waals surface area contributed by atoms with Crippen molar-refractivity contribution in [3.8, 4) is 11.6 Å². The Morgan fingerprint density at radius 1 is 1.14 bits per heavy atom. The van der Waals surface area contributed by atoms with Crippen molar-refractivity contribution >= 4 is 5.91 Å². The van der Waals surface area contributed by atoms with E-state index in [1.807, 2.05) is 0 Å². The van der Waals surface area contributed by atoms with Gasteiger partial charge in [-0.05, 0) is 5.56 Å². The second-order valence-electron chi connectivity index (χ2n) is 5.23. The van der Waals surface area contributed by atoms with Gasteiger partial charge in [0.15, 0.2) is 6.61 Å². The highest BCUT2D eigenvalue weighted by Gasteiger charge is 2.28. The minimum Gasteiger partial charge on any atom is -0.468 e. The maximum Gasteiger partial charge on any atom is 0.422 e. The average Bonchev–Trinajstić information content (AvgIpc) is 2.57. The molecule has 2 rings (SSSR count). The van der Waals surface area contributed by atoms with Gasteiger partial charge >= 0.3 is 12.8 Å². The number of alkyl halides is 5. The van der Waals surface area contributed by atoms with E-state index < -0.39 is 48.2 Å². The first-order valence-electron chi connectivity index (χ1n) is 7.41. The Hall–Kier alpha value is -3.05. The van der Waals surface area contributed by atoms with Crippen LogP contribution in [0.3, 0.4) is 0 Å². The van der Waals surface area contributed by atoms with Crippen LogP contribution in [0.2, 0.25) is 0 Å². The fourth-order valence-electron chi connectivity index (χ4n) is 1.97. The second kappa shape index (κ2) is 8.76. The number of nitrogens with one attached hydrogen (secondary N) is 1. The summed E-state index contributed by atoms with van der Waals surface area (Å²) in [7, 11) is 0. The third kappa shape index (κ3) is 6.28. The molecule has 2 aromatic rings. The van der Waals surface area contributed by atoms with Crippen molar-refractivity contribution in [2.75, 3.05) is 6.61 Å². The van der Waals surface area contributed by atoms with E-state index in [1.165, 1.54) is 6.07 Å². The lowest BCUT2D eigenvalue weighted by Crippen LogP contribution is -2.25. The number of nitrogens with zero attached hydrogens (tertiary/aromatic N) is 1. The third-order valence-corrected chi connectivity index (χ3v) is 3.10. The van der Waals surface area contributed by atoms with Gasteiger partial charge in [-0.15, -0.1) is 0 Å². The molecule has 0 aliphatic rings. The predicted molar refractivity (Wildman–Crippen MR) is 79.9 cm³/mol. The van der Waals surface area contributed by atoms with Gasteiger partial charge < -0.3 is 14.8 Å². The highest BCUT2D eigenvalue weighted by Crippen LogP contribution is 2.22. The summed E-state index contributed by atoms with van der Waals surface area (Å²) in [4.78, 5) is 15.5. The van der Waals surface area contributed by atoms with E-state index in [1.54, 1.807) is 0 Å². The number of rotatable bonds is 7. The van der Waals surface area contributed by atoms with Gasteiger partial charge in [-0.1, -0.05) is 6.07 Å². The van der Waals surface area contributed by atoms with E-state index in [2.05, 4.69) is 19.8 Å². The summed E-state index contributed by atoms with van der Waals surface area (Å²) in [5, 5.41) is 2.16. The molecular formula is C16H11F7N2O3. The minimum atomic E-state index is -4.53. The van der Waals surface area contributed by atoms with E-state index in [4.69, 9.17) is 0 Å². The van der Waals surface area contributed by atoms with E-state index in [-0.39, 0.29) is 12.4 Å². The molecule has 1 heterocycles. The van der Waals surface area contributed by atoms with Crippen molar-refractivity contribution in [3.63, 3.8) is 0 Å². The Morgan fingerprint density at radius 3 is 2.29 bits per heavy atom. The first-order valence-corrected chi connectivity index (χ1v) is 7.41. The molecule has 1 aromatic heterocycles. The molecule has 0 bridgehead atoms. The predicted octanol–water partition coefficient (Wildman–Crippen LogP) is 3.83. The molecule has 1 N–H and O–H groups in total. The Labute approximate surface area is 153 Å². The lowest BCUT2D eigenvalue weighted by Gasteiger charge is -2.10. The van der Waals surface area contributed by atoms with Gasteiger partial charge in [0, 0.05) is 30.9 Å². The molecule has 0 fully saturated rings. The Balaban J connectivity index is 1.98. The summed E-state index contributed by atoms with van der Waals surface area (Å²) in [6.07, 6.45) is -3.43. The number of hydrogen-bond donors (Lipinski definition) is 1. The van der Waals surface area contributed by atoms with Gasteiger partial charge in [-0.25, -0.2) is 13.8 Å². The zero-order valence-corrected chi connectivity index (χ0v) is 13.7. The highest BCUT2D eigenvalue weighted by atomic mass is 19.4. The lowest BCUT2D eigenvalue weighted by molar-refractivity contribution is -0.154.